The quantitative estimate of drug-likeness (QED) is 0.177. The first-order chi connectivity index (χ1) is 28.1. The number of carbonyl (C=O) groups excluding carboxylic acids is 3. The number of pyridine rings is 1. The fourth-order valence-electron chi connectivity index (χ4n) is 8.20. The van der Waals surface area contributed by atoms with Gasteiger partial charge in [-0.25, -0.2) is 23.2 Å². The van der Waals surface area contributed by atoms with E-state index in [-0.39, 0.29) is 37.3 Å². The standard InChI is InChI=1S/C42H52N6O9S2/c1-5-26-18-25(4)8-6-7-9-28-22-42(28,40(51)47-59(54,55)32-14-15-32)46-37(49)35-21-31(23-48(35)39(50)36(26)45-41(52)53)57-30-19-33(44-34(20-30)38-43-16-17-58-38)27-10-12-29(13-11-27)56-24(2)3/h7,9-13,16-17,19-20,24-26,28,31-32,35-36,45H,5-6,8,14-15,18,21-23H2,1-4H3,(H,46,49)(H,47,51)(H,52,53)/b9-7-/t25-,26-,28-,31-,35+,36+,42?/m1/s1. The van der Waals surface area contributed by atoms with Crippen LogP contribution in [0.3, 0.4) is 0 Å². The van der Waals surface area contributed by atoms with E-state index in [1.54, 1.807) is 18.3 Å². The highest BCUT2D eigenvalue weighted by atomic mass is 32.2. The second kappa shape index (κ2) is 17.3. The van der Waals surface area contributed by atoms with E-state index in [9.17, 15) is 32.7 Å². The van der Waals surface area contributed by atoms with Crippen LogP contribution in [0.4, 0.5) is 4.79 Å². The Labute approximate surface area is 348 Å². The molecule has 4 amide bonds. The van der Waals surface area contributed by atoms with Crippen molar-refractivity contribution in [3.05, 3.63) is 60.1 Å². The van der Waals surface area contributed by atoms with Gasteiger partial charge in [0, 0.05) is 41.6 Å². The summed E-state index contributed by atoms with van der Waals surface area (Å²) in [6.45, 7) is 7.80. The lowest BCUT2D eigenvalue weighted by molar-refractivity contribution is -0.142. The normalized spacial score (nSPS) is 28.0. The minimum Gasteiger partial charge on any atom is -0.491 e. The van der Waals surface area contributed by atoms with Crippen LogP contribution in [0.15, 0.2) is 60.1 Å². The van der Waals surface area contributed by atoms with E-state index in [4.69, 9.17) is 14.5 Å². The Bertz CT molecular complexity index is 2180. The number of carboxylic acid groups (broad SMARTS) is 1. The van der Waals surface area contributed by atoms with E-state index < -0.39 is 68.7 Å². The molecule has 2 aliphatic heterocycles. The summed E-state index contributed by atoms with van der Waals surface area (Å²) in [7, 11) is -3.92. The van der Waals surface area contributed by atoms with Gasteiger partial charge in [-0.3, -0.25) is 19.1 Å². The Hall–Kier alpha value is -5.03. The summed E-state index contributed by atoms with van der Waals surface area (Å²) < 4.78 is 40.5. The molecule has 2 aromatic heterocycles. The van der Waals surface area contributed by atoms with Crippen LogP contribution in [0.1, 0.15) is 79.1 Å². The number of hydrogen-bond donors (Lipinski definition) is 4. The van der Waals surface area contributed by atoms with Gasteiger partial charge < -0.3 is 30.1 Å². The molecule has 0 spiro atoms. The van der Waals surface area contributed by atoms with Crippen molar-refractivity contribution < 1.29 is 42.2 Å². The van der Waals surface area contributed by atoms with Gasteiger partial charge in [-0.05, 0) is 88.5 Å². The van der Waals surface area contributed by atoms with Crippen LogP contribution in [0, 0.1) is 17.8 Å². The van der Waals surface area contributed by atoms with Crippen molar-refractivity contribution in [3.63, 3.8) is 0 Å². The molecule has 59 heavy (non-hydrogen) atoms. The molecule has 316 valence electrons. The van der Waals surface area contributed by atoms with E-state index in [2.05, 4.69) is 27.3 Å². The SMILES string of the molecule is CC[C@@H]1C[C@H](C)CC/C=C\[C@@H]2CC2(C(=O)NS(=O)(=O)C2CC2)NC(=O)[C@@H]2C[C@@H](Oc3cc(-c4ccc(OC(C)C)cc4)nc(-c4nccs4)c3)CN2C(=O)[C@H]1NC(=O)O. The Morgan fingerprint density at radius 3 is 2.49 bits per heavy atom. The lowest BCUT2D eigenvalue weighted by Gasteiger charge is -2.33. The number of fused-ring (bicyclic) bond motifs is 2. The topological polar surface area (TPSA) is 206 Å². The summed E-state index contributed by atoms with van der Waals surface area (Å²) in [6, 6.07) is 8.71. The summed E-state index contributed by atoms with van der Waals surface area (Å²) in [4.78, 5) is 66.0. The maximum Gasteiger partial charge on any atom is 0.405 e. The predicted molar refractivity (Wildman–Crippen MR) is 221 cm³/mol. The zero-order valence-electron chi connectivity index (χ0n) is 33.6. The number of carbonyl (C=O) groups is 4. The first-order valence-electron chi connectivity index (χ1n) is 20.4. The van der Waals surface area contributed by atoms with Gasteiger partial charge >= 0.3 is 6.09 Å². The maximum absolute atomic E-state index is 14.7. The molecular formula is C42H52N6O9S2. The molecule has 2 aliphatic carbocycles. The highest BCUT2D eigenvalue weighted by Gasteiger charge is 2.62. The van der Waals surface area contributed by atoms with Crippen LogP contribution in [0.2, 0.25) is 0 Å². The van der Waals surface area contributed by atoms with Crippen molar-refractivity contribution in [1.29, 1.82) is 0 Å². The Morgan fingerprint density at radius 2 is 1.83 bits per heavy atom. The molecule has 3 fully saturated rings. The Morgan fingerprint density at radius 1 is 1.08 bits per heavy atom. The van der Waals surface area contributed by atoms with Crippen LogP contribution in [-0.2, 0) is 24.4 Å². The van der Waals surface area contributed by atoms with Crippen LogP contribution in [-0.4, -0.2) is 93.8 Å². The van der Waals surface area contributed by atoms with Crippen molar-refractivity contribution in [3.8, 4) is 33.5 Å². The highest BCUT2D eigenvalue weighted by molar-refractivity contribution is 7.91. The molecule has 3 aromatic rings. The largest absolute Gasteiger partial charge is 0.491 e. The second-order valence-corrected chi connectivity index (χ2v) is 19.3. The summed E-state index contributed by atoms with van der Waals surface area (Å²) in [5.41, 5.74) is 0.404. The number of sulfonamides is 1. The third-order valence-electron chi connectivity index (χ3n) is 11.5. The monoisotopic (exact) mass is 848 g/mol. The molecule has 2 saturated carbocycles. The molecule has 1 saturated heterocycles. The number of rotatable bonds is 11. The van der Waals surface area contributed by atoms with Gasteiger partial charge in [-0.15, -0.1) is 11.3 Å². The minimum atomic E-state index is -3.92. The lowest BCUT2D eigenvalue weighted by Crippen LogP contribution is -2.59. The number of nitrogens with one attached hydrogen (secondary N) is 3. The molecule has 7 rings (SSSR count). The van der Waals surface area contributed by atoms with E-state index >= 15 is 0 Å². The summed E-state index contributed by atoms with van der Waals surface area (Å²) in [6.07, 6.45) is 6.94. The molecule has 4 heterocycles. The smallest absolute Gasteiger partial charge is 0.405 e. The van der Waals surface area contributed by atoms with Gasteiger partial charge in [0.1, 0.15) is 45.9 Å². The number of aromatic nitrogens is 2. The lowest BCUT2D eigenvalue weighted by atomic mass is 9.85. The molecule has 1 aromatic carbocycles. The van der Waals surface area contributed by atoms with Gasteiger partial charge in [-0.1, -0.05) is 32.4 Å². The molecule has 0 bridgehead atoms. The molecule has 7 atom stereocenters. The van der Waals surface area contributed by atoms with Crippen LogP contribution in [0.25, 0.3) is 22.0 Å². The number of thiazole rings is 1. The van der Waals surface area contributed by atoms with E-state index in [0.717, 1.165) is 12.0 Å². The van der Waals surface area contributed by atoms with Crippen molar-refractivity contribution >= 4 is 45.2 Å². The number of hydrogen-bond acceptors (Lipinski definition) is 11. The third-order valence-corrected chi connectivity index (χ3v) is 14.1. The second-order valence-electron chi connectivity index (χ2n) is 16.5. The number of allylic oxidation sites excluding steroid dienone is 1. The van der Waals surface area contributed by atoms with Crippen molar-refractivity contribution in [2.45, 2.75) is 114 Å². The summed E-state index contributed by atoms with van der Waals surface area (Å²) in [5, 5.41) is 17.2. The molecule has 4 N–H and O–H groups in total. The molecule has 1 unspecified atom stereocenters. The number of nitrogens with zero attached hydrogens (tertiary/aromatic N) is 3. The molecule has 0 radical (unpaired) electrons. The number of amides is 4. The zero-order valence-corrected chi connectivity index (χ0v) is 35.3. The maximum atomic E-state index is 14.7. The van der Waals surface area contributed by atoms with Gasteiger partial charge in [-0.2, -0.15) is 0 Å². The van der Waals surface area contributed by atoms with Crippen LogP contribution < -0.4 is 24.8 Å². The fraction of sp³-hybridized carbons (Fsp3) is 0.524. The van der Waals surface area contributed by atoms with E-state index in [1.165, 1.54) is 16.2 Å². The molecular weight excluding hydrogens is 797 g/mol. The molecule has 4 aliphatic rings. The third kappa shape index (κ3) is 9.72. The van der Waals surface area contributed by atoms with Gasteiger partial charge in [0.25, 0.3) is 5.91 Å². The predicted octanol–water partition coefficient (Wildman–Crippen LogP) is 5.53. The van der Waals surface area contributed by atoms with E-state index in [1.807, 2.05) is 62.6 Å². The Balaban J connectivity index is 1.22. The van der Waals surface area contributed by atoms with Crippen LogP contribution in [0.5, 0.6) is 11.5 Å². The zero-order chi connectivity index (χ0) is 42.1. The van der Waals surface area contributed by atoms with Gasteiger partial charge in [0.05, 0.1) is 23.6 Å². The molecule has 17 heteroatoms. The average Bonchev–Trinajstić information content (AvgIpc) is 4.05. The van der Waals surface area contributed by atoms with Gasteiger partial charge in [0.2, 0.25) is 21.8 Å². The minimum absolute atomic E-state index is 0.00196. The molecule has 15 nitrogen and oxygen atoms in total. The fourth-order valence-corrected chi connectivity index (χ4v) is 10.2. The first-order valence-corrected chi connectivity index (χ1v) is 22.8. The first kappa shape index (κ1) is 42.1. The average molecular weight is 849 g/mol. The highest BCUT2D eigenvalue weighted by Crippen LogP contribution is 2.46. The van der Waals surface area contributed by atoms with Crippen LogP contribution >= 0.6 is 11.3 Å². The summed E-state index contributed by atoms with van der Waals surface area (Å²) in [5.74, 6) is -1.64. The number of ether oxygens (including phenoxy) is 2. The van der Waals surface area contributed by atoms with Crippen molar-refractivity contribution in [1.82, 2.24) is 30.2 Å². The van der Waals surface area contributed by atoms with Gasteiger partial charge in [0.15, 0.2) is 0 Å². The summed E-state index contributed by atoms with van der Waals surface area (Å²) >= 11 is 1.41. The van der Waals surface area contributed by atoms with E-state index in [0.29, 0.717) is 60.0 Å². The van der Waals surface area contributed by atoms with Crippen molar-refractivity contribution in [2.24, 2.45) is 17.8 Å². The van der Waals surface area contributed by atoms with Crippen molar-refractivity contribution in [2.75, 3.05) is 6.54 Å². The Kier molecular flexibility index (Phi) is 12.3. The number of benzene rings is 1.